The van der Waals surface area contributed by atoms with E-state index in [1.807, 2.05) is 0 Å². The van der Waals surface area contributed by atoms with Gasteiger partial charge in [0.2, 0.25) is 20.0 Å². The number of halogens is 6. The summed E-state index contributed by atoms with van der Waals surface area (Å²) in [4.78, 5) is 1.60. The van der Waals surface area contributed by atoms with Crippen LogP contribution in [0.15, 0.2) is 47.4 Å². The maximum Gasteiger partial charge on any atom is 0.421 e. The molecular formula is C26H33F6N3O5S3. The molecule has 1 aliphatic carbocycles. The van der Waals surface area contributed by atoms with Crippen molar-refractivity contribution in [3.8, 4) is 0 Å². The normalized spacial score (nSPS) is 20.9. The van der Waals surface area contributed by atoms with Crippen molar-refractivity contribution in [2.45, 2.75) is 51.2 Å². The third-order valence-corrected chi connectivity index (χ3v) is 11.3. The number of rotatable bonds is 10. The number of allylic oxidation sites excluding steroid dienone is 4. The van der Waals surface area contributed by atoms with E-state index >= 15 is 0 Å². The van der Waals surface area contributed by atoms with Gasteiger partial charge in [0.05, 0.1) is 10.9 Å². The highest BCUT2D eigenvalue weighted by Crippen LogP contribution is 2.39. The third-order valence-electron chi connectivity index (χ3n) is 7.06. The van der Waals surface area contributed by atoms with Crippen LogP contribution in [0.1, 0.15) is 32.8 Å². The Hall–Kier alpha value is -2.05. The van der Waals surface area contributed by atoms with Crippen molar-refractivity contribution in [3.63, 3.8) is 0 Å². The standard InChI is InChI=1S/C26H33F6N3O5S3/c1-18(2)14-34(42(37,38)17-25(27,28)29)16-21-15-33(43(39,40)23-7-5-4-6-22(23)41)12-13-35(21)20-10-8-19(9-11-20)24(3,36)26(30,31)32/h4-5,7-11,18,21,36H,6,12-17H2,1-3H3/t21-,24?/m1/s1. The molecule has 0 amide bonds. The van der Waals surface area contributed by atoms with E-state index in [1.54, 1.807) is 24.8 Å². The second kappa shape index (κ2) is 12.7. The summed E-state index contributed by atoms with van der Waals surface area (Å²) in [5.41, 5.74) is -3.38. The molecule has 1 unspecified atom stereocenters. The SMILES string of the molecule is CC(C)CN(C[C@H]1CN(S(=O)(=O)C2=CC=CCC2=S)CCN1c1ccc(C(C)(O)C(F)(F)F)cc1)S(=O)(=O)CC(F)(F)F. The molecule has 0 radical (unpaired) electrons. The molecule has 1 saturated heterocycles. The van der Waals surface area contributed by atoms with Gasteiger partial charge in [-0.15, -0.1) is 0 Å². The predicted molar refractivity (Wildman–Crippen MR) is 154 cm³/mol. The Morgan fingerprint density at radius 3 is 2.16 bits per heavy atom. The van der Waals surface area contributed by atoms with E-state index in [0.717, 1.165) is 16.4 Å². The molecule has 1 aromatic carbocycles. The van der Waals surface area contributed by atoms with Crippen LogP contribution in [-0.2, 0) is 25.6 Å². The van der Waals surface area contributed by atoms with Gasteiger partial charge in [0.1, 0.15) is 0 Å². The lowest BCUT2D eigenvalue weighted by Crippen LogP contribution is -2.59. The Labute approximate surface area is 252 Å². The maximum absolute atomic E-state index is 13.5. The van der Waals surface area contributed by atoms with Gasteiger partial charge in [-0.25, -0.2) is 16.8 Å². The summed E-state index contributed by atoms with van der Waals surface area (Å²) in [6.45, 7) is 2.46. The van der Waals surface area contributed by atoms with E-state index in [0.29, 0.717) is 11.2 Å². The van der Waals surface area contributed by atoms with Crippen LogP contribution < -0.4 is 4.90 Å². The summed E-state index contributed by atoms with van der Waals surface area (Å²) in [5.74, 6) is -2.50. The van der Waals surface area contributed by atoms with Gasteiger partial charge in [0.25, 0.3) is 0 Å². The average molecular weight is 678 g/mol. The molecule has 242 valence electrons. The smallest absolute Gasteiger partial charge is 0.376 e. The van der Waals surface area contributed by atoms with Crippen LogP contribution in [0.3, 0.4) is 0 Å². The first kappa shape index (κ1) is 35.4. The monoisotopic (exact) mass is 677 g/mol. The molecule has 8 nitrogen and oxygen atoms in total. The van der Waals surface area contributed by atoms with Crippen LogP contribution in [0.2, 0.25) is 0 Å². The molecule has 3 rings (SSSR count). The van der Waals surface area contributed by atoms with Crippen LogP contribution in [0.25, 0.3) is 0 Å². The first-order chi connectivity index (χ1) is 19.6. The number of anilines is 1. The number of hydrogen-bond acceptors (Lipinski definition) is 7. The molecule has 1 aromatic rings. The van der Waals surface area contributed by atoms with Crippen LogP contribution in [0, 0.1) is 5.92 Å². The molecule has 17 heteroatoms. The Kier molecular flexibility index (Phi) is 10.5. The number of alkyl halides is 6. The van der Waals surface area contributed by atoms with E-state index in [1.165, 1.54) is 24.3 Å². The van der Waals surface area contributed by atoms with Crippen molar-refractivity contribution in [2.75, 3.05) is 43.4 Å². The first-order valence-corrected chi connectivity index (χ1v) is 16.6. The average Bonchev–Trinajstić information content (AvgIpc) is 2.86. The number of nitrogens with zero attached hydrogens (tertiary/aromatic N) is 3. The molecule has 43 heavy (non-hydrogen) atoms. The zero-order valence-corrected chi connectivity index (χ0v) is 26.0. The highest BCUT2D eigenvalue weighted by atomic mass is 32.2. The number of benzene rings is 1. The maximum atomic E-state index is 13.5. The Bertz CT molecular complexity index is 1450. The highest BCUT2D eigenvalue weighted by molar-refractivity contribution is 7.96. The minimum atomic E-state index is -5.03. The van der Waals surface area contributed by atoms with Crippen LogP contribution in [-0.4, -0.2) is 92.3 Å². The van der Waals surface area contributed by atoms with Crippen molar-refractivity contribution < 1.29 is 48.3 Å². The van der Waals surface area contributed by atoms with Gasteiger partial charge in [-0.3, -0.25) is 0 Å². The van der Waals surface area contributed by atoms with Crippen LogP contribution in [0.5, 0.6) is 0 Å². The molecule has 0 bridgehead atoms. The van der Waals surface area contributed by atoms with Gasteiger partial charge in [-0.1, -0.05) is 50.4 Å². The van der Waals surface area contributed by atoms with Gasteiger partial charge in [-0.05, 0) is 36.6 Å². The molecular weight excluding hydrogens is 644 g/mol. The fraction of sp³-hybridized carbons (Fsp3) is 0.577. The minimum Gasteiger partial charge on any atom is -0.376 e. The summed E-state index contributed by atoms with van der Waals surface area (Å²) in [7, 11) is -9.06. The third kappa shape index (κ3) is 8.36. The van der Waals surface area contributed by atoms with E-state index in [9.17, 15) is 48.3 Å². The number of aliphatic hydroxyl groups is 1. The van der Waals surface area contributed by atoms with E-state index in [4.69, 9.17) is 12.2 Å². The number of sulfonamides is 2. The van der Waals surface area contributed by atoms with Crippen molar-refractivity contribution in [2.24, 2.45) is 5.92 Å². The molecule has 0 aromatic heterocycles. The van der Waals surface area contributed by atoms with Crippen molar-refractivity contribution in [1.29, 1.82) is 0 Å². The lowest BCUT2D eigenvalue weighted by molar-refractivity contribution is -0.258. The van der Waals surface area contributed by atoms with Gasteiger partial charge < -0.3 is 10.0 Å². The van der Waals surface area contributed by atoms with Gasteiger partial charge in [0, 0.05) is 49.7 Å². The molecule has 1 N–H and O–H groups in total. The molecule has 0 spiro atoms. The number of thiocarbonyl (C=S) groups is 1. The summed E-state index contributed by atoms with van der Waals surface area (Å²) >= 11 is 5.23. The lowest BCUT2D eigenvalue weighted by Gasteiger charge is -2.44. The van der Waals surface area contributed by atoms with Gasteiger partial charge >= 0.3 is 12.4 Å². The number of hydrogen-bond donors (Lipinski definition) is 1. The first-order valence-electron chi connectivity index (χ1n) is 13.2. The highest BCUT2D eigenvalue weighted by Gasteiger charge is 2.51. The van der Waals surface area contributed by atoms with Gasteiger partial charge in [-0.2, -0.15) is 35.0 Å². The zero-order valence-electron chi connectivity index (χ0n) is 23.6. The molecule has 1 fully saturated rings. The summed E-state index contributed by atoms with van der Waals surface area (Å²) < 4.78 is 134. The zero-order chi connectivity index (χ0) is 32.6. The second-order valence-electron chi connectivity index (χ2n) is 11.0. The molecule has 0 saturated carbocycles. The fourth-order valence-electron chi connectivity index (χ4n) is 4.82. The van der Waals surface area contributed by atoms with E-state index in [-0.39, 0.29) is 54.0 Å². The predicted octanol–water partition coefficient (Wildman–Crippen LogP) is 4.34. The van der Waals surface area contributed by atoms with E-state index < -0.39 is 61.9 Å². The van der Waals surface area contributed by atoms with E-state index in [2.05, 4.69) is 0 Å². The Balaban J connectivity index is 2.03. The van der Waals surface area contributed by atoms with Crippen molar-refractivity contribution >= 4 is 42.8 Å². The number of piperazine rings is 1. The Morgan fingerprint density at radius 2 is 1.65 bits per heavy atom. The van der Waals surface area contributed by atoms with Crippen molar-refractivity contribution in [1.82, 2.24) is 8.61 Å². The van der Waals surface area contributed by atoms with Crippen LogP contribution >= 0.6 is 12.2 Å². The molecule has 2 aliphatic rings. The lowest BCUT2D eigenvalue weighted by atomic mass is 9.95. The summed E-state index contributed by atoms with van der Waals surface area (Å²) in [6, 6.07) is 3.55. The Morgan fingerprint density at radius 1 is 1.05 bits per heavy atom. The quantitative estimate of drug-likeness (QED) is 0.291. The second-order valence-corrected chi connectivity index (χ2v) is 15.4. The largest absolute Gasteiger partial charge is 0.421 e. The molecule has 2 atom stereocenters. The topological polar surface area (TPSA) is 98.2 Å². The van der Waals surface area contributed by atoms with Crippen LogP contribution in [0.4, 0.5) is 32.0 Å². The summed E-state index contributed by atoms with van der Waals surface area (Å²) in [5, 5.41) is 10.0. The molecule has 1 heterocycles. The van der Waals surface area contributed by atoms with Gasteiger partial charge in [0.15, 0.2) is 11.4 Å². The minimum absolute atomic E-state index is 0.0658. The molecule has 1 aliphatic heterocycles. The fourth-order valence-corrected chi connectivity index (χ4v) is 8.41. The summed E-state index contributed by atoms with van der Waals surface area (Å²) in [6.07, 6.45) is -5.25. The van der Waals surface area contributed by atoms with Crippen molar-refractivity contribution in [3.05, 3.63) is 53.0 Å².